The standard InChI is InChI=1S/C43H89N/c1-4-7-10-13-16-19-22-23-24-25-28-31-34-37-40-43-44(41-38-35-32-29-26-20-17-14-11-8-5-2)42-39-36-33-30-27-21-18-15-12-9-6-3/h4-43H2,1-3H3. The summed E-state index contributed by atoms with van der Waals surface area (Å²) < 4.78 is 0. The van der Waals surface area contributed by atoms with E-state index in [1.54, 1.807) is 0 Å². The minimum Gasteiger partial charge on any atom is -0.303 e. The molecule has 0 atom stereocenters. The van der Waals surface area contributed by atoms with E-state index in [4.69, 9.17) is 0 Å². The van der Waals surface area contributed by atoms with Gasteiger partial charge in [0.1, 0.15) is 0 Å². The first kappa shape index (κ1) is 44.0. The Morgan fingerprint density at radius 2 is 0.318 bits per heavy atom. The van der Waals surface area contributed by atoms with Gasteiger partial charge in [-0.3, -0.25) is 0 Å². The summed E-state index contributed by atoms with van der Waals surface area (Å²) in [5.41, 5.74) is 0. The van der Waals surface area contributed by atoms with Gasteiger partial charge in [0.25, 0.3) is 0 Å². The van der Waals surface area contributed by atoms with E-state index in [2.05, 4.69) is 25.7 Å². The Bertz CT molecular complexity index is 448. The Balaban J connectivity index is 3.88. The van der Waals surface area contributed by atoms with E-state index < -0.39 is 0 Å². The number of rotatable bonds is 40. The van der Waals surface area contributed by atoms with Gasteiger partial charge in [0.15, 0.2) is 0 Å². The summed E-state index contributed by atoms with van der Waals surface area (Å²) in [6.45, 7) is 11.1. The monoisotopic (exact) mass is 620 g/mol. The van der Waals surface area contributed by atoms with Gasteiger partial charge in [-0.05, 0) is 38.9 Å². The molecule has 0 saturated carbocycles. The zero-order valence-corrected chi connectivity index (χ0v) is 31.7. The van der Waals surface area contributed by atoms with Crippen LogP contribution in [0.4, 0.5) is 0 Å². The minimum atomic E-state index is 1.37. The summed E-state index contributed by atoms with van der Waals surface area (Å²) in [6, 6.07) is 0. The topological polar surface area (TPSA) is 3.24 Å². The molecular weight excluding hydrogens is 530 g/mol. The second-order valence-electron chi connectivity index (χ2n) is 14.9. The van der Waals surface area contributed by atoms with Gasteiger partial charge < -0.3 is 4.90 Å². The maximum atomic E-state index is 2.86. The molecule has 0 rings (SSSR count). The molecule has 1 heteroatoms. The Hall–Kier alpha value is -0.0400. The highest BCUT2D eigenvalue weighted by Gasteiger charge is 2.05. The fraction of sp³-hybridized carbons (Fsp3) is 1.00. The molecule has 0 spiro atoms. The van der Waals surface area contributed by atoms with Crippen LogP contribution in [0.1, 0.15) is 258 Å². The molecule has 0 radical (unpaired) electrons. The normalized spacial score (nSPS) is 11.7. The molecule has 0 aliphatic heterocycles. The van der Waals surface area contributed by atoms with Crippen LogP contribution in [0.5, 0.6) is 0 Å². The fourth-order valence-electron chi connectivity index (χ4n) is 7.04. The van der Waals surface area contributed by atoms with E-state index in [1.165, 1.54) is 257 Å². The van der Waals surface area contributed by atoms with E-state index in [1.807, 2.05) is 0 Å². The molecule has 0 unspecified atom stereocenters. The molecule has 0 aromatic rings. The predicted octanol–water partition coefficient (Wildman–Crippen LogP) is 15.8. The Morgan fingerprint density at radius 3 is 0.477 bits per heavy atom. The Labute approximate surface area is 282 Å². The number of hydrogen-bond acceptors (Lipinski definition) is 1. The van der Waals surface area contributed by atoms with Crippen LogP contribution in [-0.2, 0) is 0 Å². The van der Waals surface area contributed by atoms with E-state index >= 15 is 0 Å². The Kier molecular flexibility index (Phi) is 40.9. The molecule has 44 heavy (non-hydrogen) atoms. The molecule has 0 bridgehead atoms. The Morgan fingerprint density at radius 1 is 0.182 bits per heavy atom. The van der Waals surface area contributed by atoms with Gasteiger partial charge in [0.05, 0.1) is 0 Å². The maximum Gasteiger partial charge on any atom is -0.00187 e. The van der Waals surface area contributed by atoms with E-state index in [-0.39, 0.29) is 0 Å². The van der Waals surface area contributed by atoms with Crippen molar-refractivity contribution in [1.82, 2.24) is 4.90 Å². The average Bonchev–Trinajstić information content (AvgIpc) is 3.03. The van der Waals surface area contributed by atoms with Crippen LogP contribution in [0.25, 0.3) is 0 Å². The maximum absolute atomic E-state index is 2.86. The molecule has 0 amide bonds. The molecular formula is C43H89N. The van der Waals surface area contributed by atoms with Crippen molar-refractivity contribution in [1.29, 1.82) is 0 Å². The van der Waals surface area contributed by atoms with Crippen molar-refractivity contribution in [3.8, 4) is 0 Å². The SMILES string of the molecule is CCCCCCCCCCCCCCCCCN(CCCCCCCCCCCCC)CCCCCCCCCCCCC. The van der Waals surface area contributed by atoms with Crippen molar-refractivity contribution in [3.63, 3.8) is 0 Å². The molecule has 0 saturated heterocycles. The van der Waals surface area contributed by atoms with Gasteiger partial charge in [-0.1, -0.05) is 239 Å². The lowest BCUT2D eigenvalue weighted by Gasteiger charge is -2.22. The zero-order valence-electron chi connectivity index (χ0n) is 31.7. The van der Waals surface area contributed by atoms with Crippen LogP contribution in [-0.4, -0.2) is 24.5 Å². The smallest absolute Gasteiger partial charge is 0.00187 e. The van der Waals surface area contributed by atoms with E-state index in [0.29, 0.717) is 0 Å². The van der Waals surface area contributed by atoms with Crippen molar-refractivity contribution in [2.75, 3.05) is 19.6 Å². The second-order valence-corrected chi connectivity index (χ2v) is 14.9. The van der Waals surface area contributed by atoms with Crippen molar-refractivity contribution in [2.45, 2.75) is 258 Å². The largest absolute Gasteiger partial charge is 0.303 e. The highest BCUT2D eigenvalue weighted by molar-refractivity contribution is 4.61. The van der Waals surface area contributed by atoms with Gasteiger partial charge in [0.2, 0.25) is 0 Å². The second kappa shape index (κ2) is 41.0. The summed E-state index contributed by atoms with van der Waals surface area (Å²) in [5, 5.41) is 0. The quantitative estimate of drug-likeness (QED) is 0.0617. The molecule has 0 fully saturated rings. The van der Waals surface area contributed by atoms with Crippen LogP contribution in [0.3, 0.4) is 0 Å². The van der Waals surface area contributed by atoms with Crippen molar-refractivity contribution >= 4 is 0 Å². The first-order chi connectivity index (χ1) is 21.8. The van der Waals surface area contributed by atoms with Gasteiger partial charge in [-0.25, -0.2) is 0 Å². The lowest BCUT2D eigenvalue weighted by atomic mass is 10.0. The number of hydrogen-bond donors (Lipinski definition) is 0. The van der Waals surface area contributed by atoms with Crippen molar-refractivity contribution in [3.05, 3.63) is 0 Å². The predicted molar refractivity (Wildman–Crippen MR) is 204 cm³/mol. The highest BCUT2D eigenvalue weighted by atomic mass is 15.1. The molecule has 0 heterocycles. The summed E-state index contributed by atoms with van der Waals surface area (Å²) in [5.74, 6) is 0. The van der Waals surface area contributed by atoms with Crippen LogP contribution < -0.4 is 0 Å². The third-order valence-electron chi connectivity index (χ3n) is 10.2. The summed E-state index contributed by atoms with van der Waals surface area (Å²) in [7, 11) is 0. The lowest BCUT2D eigenvalue weighted by Crippen LogP contribution is -2.27. The van der Waals surface area contributed by atoms with Crippen LogP contribution in [0.2, 0.25) is 0 Å². The lowest BCUT2D eigenvalue weighted by molar-refractivity contribution is 0.254. The summed E-state index contributed by atoms with van der Waals surface area (Å²) >= 11 is 0. The van der Waals surface area contributed by atoms with Gasteiger partial charge in [0, 0.05) is 0 Å². The number of unbranched alkanes of at least 4 members (excludes halogenated alkanes) is 34. The van der Waals surface area contributed by atoms with E-state index in [0.717, 1.165) is 0 Å². The summed E-state index contributed by atoms with van der Waals surface area (Å²) in [6.07, 6.45) is 54.1. The van der Waals surface area contributed by atoms with Crippen molar-refractivity contribution in [2.24, 2.45) is 0 Å². The van der Waals surface area contributed by atoms with Gasteiger partial charge in [-0.15, -0.1) is 0 Å². The fourth-order valence-corrected chi connectivity index (χ4v) is 7.04. The van der Waals surface area contributed by atoms with Crippen LogP contribution >= 0.6 is 0 Å². The molecule has 266 valence electrons. The van der Waals surface area contributed by atoms with Crippen LogP contribution in [0, 0.1) is 0 Å². The molecule has 0 aliphatic carbocycles. The number of nitrogens with zero attached hydrogens (tertiary/aromatic N) is 1. The first-order valence-corrected chi connectivity index (χ1v) is 21.6. The summed E-state index contributed by atoms with van der Waals surface area (Å²) in [4.78, 5) is 2.86. The average molecular weight is 620 g/mol. The van der Waals surface area contributed by atoms with E-state index in [9.17, 15) is 0 Å². The first-order valence-electron chi connectivity index (χ1n) is 21.6. The van der Waals surface area contributed by atoms with Gasteiger partial charge in [-0.2, -0.15) is 0 Å². The minimum absolute atomic E-state index is 1.37. The van der Waals surface area contributed by atoms with Crippen molar-refractivity contribution < 1.29 is 0 Å². The van der Waals surface area contributed by atoms with Crippen LogP contribution in [0.15, 0.2) is 0 Å². The molecule has 1 nitrogen and oxygen atoms in total. The van der Waals surface area contributed by atoms with Gasteiger partial charge >= 0.3 is 0 Å². The molecule has 0 aliphatic rings. The third kappa shape index (κ3) is 38.1. The highest BCUT2D eigenvalue weighted by Crippen LogP contribution is 2.16. The zero-order chi connectivity index (χ0) is 31.9. The molecule has 0 aromatic carbocycles. The third-order valence-corrected chi connectivity index (χ3v) is 10.2. The molecule has 0 aromatic heterocycles. The molecule has 0 N–H and O–H groups in total.